The van der Waals surface area contributed by atoms with Gasteiger partial charge >= 0.3 is 0 Å². The lowest BCUT2D eigenvalue weighted by atomic mass is 9.64. The molecule has 0 N–H and O–H groups in total. The zero-order valence-electron chi connectivity index (χ0n) is 12.4. The Bertz CT molecular complexity index is 552. The molecular weight excluding hydrogens is 268 g/mol. The van der Waals surface area contributed by atoms with E-state index < -0.39 is 17.2 Å². The van der Waals surface area contributed by atoms with E-state index in [2.05, 4.69) is 6.92 Å². The van der Waals surface area contributed by atoms with Gasteiger partial charge in [0, 0.05) is 0 Å². The van der Waals surface area contributed by atoms with E-state index in [1.165, 1.54) is 37.8 Å². The first-order valence-electron chi connectivity index (χ1n) is 7.97. The van der Waals surface area contributed by atoms with Crippen LogP contribution in [0.5, 0.6) is 0 Å². The Kier molecular flexibility index (Phi) is 3.97. The van der Waals surface area contributed by atoms with Crippen molar-refractivity contribution in [2.24, 2.45) is 17.8 Å². The lowest BCUT2D eigenvalue weighted by molar-refractivity contribution is 0.124. The van der Waals surface area contributed by atoms with Crippen molar-refractivity contribution < 1.29 is 8.78 Å². The number of fused-ring (bicyclic) bond motifs is 1. The standard InChI is InChI=1S/C18H21F2N/c1-11-2-3-13-7-14(5-4-12(13)6-11)15-8-17(19)16(10-21)18(20)9-15/h8-9,11-14H,2-7H2,1H3/t11-,12-,13-,14-/m1/s1. The smallest absolute Gasteiger partial charge is 0.144 e. The summed E-state index contributed by atoms with van der Waals surface area (Å²) in [4.78, 5) is 0. The maximum Gasteiger partial charge on any atom is 0.144 e. The van der Waals surface area contributed by atoms with E-state index in [0.29, 0.717) is 5.92 Å². The van der Waals surface area contributed by atoms with Crippen molar-refractivity contribution in [2.75, 3.05) is 0 Å². The summed E-state index contributed by atoms with van der Waals surface area (Å²) < 4.78 is 27.6. The monoisotopic (exact) mass is 289 g/mol. The second-order valence-corrected chi connectivity index (χ2v) is 6.92. The highest BCUT2D eigenvalue weighted by Gasteiger charge is 2.35. The highest BCUT2D eigenvalue weighted by atomic mass is 19.1. The lowest BCUT2D eigenvalue weighted by Gasteiger charge is -2.41. The summed E-state index contributed by atoms with van der Waals surface area (Å²) in [5.74, 6) is 1.16. The number of hydrogen-bond donors (Lipinski definition) is 0. The summed E-state index contributed by atoms with van der Waals surface area (Å²) in [6.45, 7) is 2.33. The fraction of sp³-hybridized carbons (Fsp3) is 0.611. The molecule has 0 bridgehead atoms. The molecule has 3 heteroatoms. The molecule has 0 unspecified atom stereocenters. The largest absolute Gasteiger partial charge is 0.205 e. The molecule has 21 heavy (non-hydrogen) atoms. The van der Waals surface area contributed by atoms with E-state index in [1.54, 1.807) is 6.07 Å². The molecular formula is C18H21F2N. The highest BCUT2D eigenvalue weighted by Crippen LogP contribution is 2.47. The number of hydrogen-bond acceptors (Lipinski definition) is 1. The Morgan fingerprint density at radius 3 is 2.29 bits per heavy atom. The molecule has 0 heterocycles. The van der Waals surface area contributed by atoms with Crippen LogP contribution in [0.1, 0.15) is 62.5 Å². The third kappa shape index (κ3) is 2.81. The van der Waals surface area contributed by atoms with Crippen molar-refractivity contribution >= 4 is 0 Å². The molecule has 0 saturated heterocycles. The van der Waals surface area contributed by atoms with Crippen molar-refractivity contribution in [3.63, 3.8) is 0 Å². The van der Waals surface area contributed by atoms with Gasteiger partial charge in [-0.1, -0.05) is 13.3 Å². The van der Waals surface area contributed by atoms with Gasteiger partial charge in [-0.3, -0.25) is 0 Å². The van der Waals surface area contributed by atoms with Crippen LogP contribution in [0.2, 0.25) is 0 Å². The Balaban J connectivity index is 1.78. The first kappa shape index (κ1) is 14.5. The van der Waals surface area contributed by atoms with Crippen molar-refractivity contribution in [2.45, 2.75) is 51.4 Å². The minimum Gasteiger partial charge on any atom is -0.205 e. The van der Waals surface area contributed by atoms with Gasteiger partial charge in [-0.25, -0.2) is 8.78 Å². The number of nitrogens with zero attached hydrogens (tertiary/aromatic N) is 1. The van der Waals surface area contributed by atoms with Gasteiger partial charge < -0.3 is 0 Å². The van der Waals surface area contributed by atoms with Gasteiger partial charge in [0.15, 0.2) is 0 Å². The van der Waals surface area contributed by atoms with Crippen molar-refractivity contribution in [1.29, 1.82) is 5.26 Å². The number of halogens is 2. The fourth-order valence-electron chi connectivity index (χ4n) is 4.36. The van der Waals surface area contributed by atoms with Crippen LogP contribution < -0.4 is 0 Å². The first-order valence-corrected chi connectivity index (χ1v) is 7.97. The van der Waals surface area contributed by atoms with E-state index in [4.69, 9.17) is 5.26 Å². The van der Waals surface area contributed by atoms with E-state index in [-0.39, 0.29) is 5.92 Å². The maximum atomic E-state index is 13.8. The Morgan fingerprint density at radius 1 is 1.00 bits per heavy atom. The van der Waals surface area contributed by atoms with Gasteiger partial charge in [0.05, 0.1) is 0 Å². The molecule has 1 aromatic carbocycles. The average molecular weight is 289 g/mol. The Labute approximate surface area is 125 Å². The summed E-state index contributed by atoms with van der Waals surface area (Å²) in [5, 5.41) is 8.75. The molecule has 0 aliphatic heterocycles. The molecule has 3 rings (SSSR count). The molecule has 2 fully saturated rings. The van der Waals surface area contributed by atoms with Crippen molar-refractivity contribution in [3.8, 4) is 6.07 Å². The van der Waals surface area contributed by atoms with Gasteiger partial charge in [-0.2, -0.15) is 5.26 Å². The third-order valence-corrected chi connectivity index (χ3v) is 5.52. The third-order valence-electron chi connectivity index (χ3n) is 5.52. The van der Waals surface area contributed by atoms with E-state index in [9.17, 15) is 8.78 Å². The van der Waals surface area contributed by atoms with Crippen LogP contribution in [0.3, 0.4) is 0 Å². The van der Waals surface area contributed by atoms with Crippen molar-refractivity contribution in [1.82, 2.24) is 0 Å². The second kappa shape index (κ2) is 5.75. The predicted octanol–water partition coefficient (Wildman–Crippen LogP) is 5.16. The first-order chi connectivity index (χ1) is 10.1. The van der Waals surface area contributed by atoms with Crippen LogP contribution in [-0.2, 0) is 0 Å². The molecule has 2 aliphatic rings. The van der Waals surface area contributed by atoms with Gasteiger partial charge in [-0.15, -0.1) is 0 Å². The minimum absolute atomic E-state index is 0.247. The van der Waals surface area contributed by atoms with Crippen LogP contribution in [0, 0.1) is 40.7 Å². The lowest BCUT2D eigenvalue weighted by Crippen LogP contribution is -2.29. The molecule has 0 amide bonds. The van der Waals surface area contributed by atoms with E-state index in [1.807, 2.05) is 0 Å². The maximum absolute atomic E-state index is 13.8. The minimum atomic E-state index is -0.716. The van der Waals surface area contributed by atoms with E-state index in [0.717, 1.165) is 30.2 Å². The zero-order valence-corrected chi connectivity index (χ0v) is 12.4. The number of nitriles is 1. The average Bonchev–Trinajstić information content (AvgIpc) is 2.46. The quantitative estimate of drug-likeness (QED) is 0.701. The summed E-state index contributed by atoms with van der Waals surface area (Å²) in [7, 11) is 0. The summed E-state index contributed by atoms with van der Waals surface area (Å²) in [6, 6.07) is 4.34. The summed E-state index contributed by atoms with van der Waals surface area (Å²) >= 11 is 0. The molecule has 2 aliphatic carbocycles. The molecule has 1 nitrogen and oxygen atoms in total. The number of benzene rings is 1. The van der Waals surface area contributed by atoms with Crippen LogP contribution in [0.15, 0.2) is 12.1 Å². The van der Waals surface area contributed by atoms with E-state index >= 15 is 0 Å². The number of rotatable bonds is 1. The van der Waals surface area contributed by atoms with Gasteiger partial charge in [0.2, 0.25) is 0 Å². The normalized spacial score (nSPS) is 32.3. The molecule has 4 atom stereocenters. The van der Waals surface area contributed by atoms with Gasteiger partial charge in [0.1, 0.15) is 23.3 Å². The van der Waals surface area contributed by atoms with Gasteiger partial charge in [-0.05, 0) is 73.5 Å². The van der Waals surface area contributed by atoms with Crippen LogP contribution in [0.25, 0.3) is 0 Å². The second-order valence-electron chi connectivity index (χ2n) is 6.92. The molecule has 0 spiro atoms. The Morgan fingerprint density at radius 2 is 1.62 bits per heavy atom. The van der Waals surface area contributed by atoms with Crippen molar-refractivity contribution in [3.05, 3.63) is 34.9 Å². The molecule has 1 aromatic rings. The summed E-state index contributed by atoms with van der Waals surface area (Å²) in [5.41, 5.74) is 0.278. The van der Waals surface area contributed by atoms with Crippen LogP contribution in [-0.4, -0.2) is 0 Å². The topological polar surface area (TPSA) is 23.8 Å². The molecule has 0 aromatic heterocycles. The Hall–Kier alpha value is -1.43. The fourth-order valence-corrected chi connectivity index (χ4v) is 4.36. The van der Waals surface area contributed by atoms with Crippen LogP contribution in [0.4, 0.5) is 8.78 Å². The molecule has 2 saturated carbocycles. The van der Waals surface area contributed by atoms with Gasteiger partial charge in [0.25, 0.3) is 0 Å². The SMILES string of the molecule is C[C@@H]1CC[C@@H]2C[C@H](c3cc(F)c(C#N)c(F)c3)CC[C@@H]2C1. The highest BCUT2D eigenvalue weighted by molar-refractivity contribution is 5.36. The van der Waals surface area contributed by atoms with Crippen LogP contribution >= 0.6 is 0 Å². The predicted molar refractivity (Wildman–Crippen MR) is 77.7 cm³/mol. The summed E-state index contributed by atoms with van der Waals surface area (Å²) in [6.07, 6.45) is 7.07. The molecule has 112 valence electrons. The molecule has 0 radical (unpaired) electrons. The zero-order chi connectivity index (χ0) is 15.0.